The van der Waals surface area contributed by atoms with Gasteiger partial charge in [0.25, 0.3) is 0 Å². The molecule has 1 N–H and O–H groups in total. The Morgan fingerprint density at radius 2 is 1.78 bits per heavy atom. The summed E-state index contributed by atoms with van der Waals surface area (Å²) in [5.74, 6) is 1.16. The van der Waals surface area contributed by atoms with Gasteiger partial charge < -0.3 is 10.2 Å². The number of anilines is 1. The van der Waals surface area contributed by atoms with E-state index in [1.165, 1.54) is 10.1 Å². The molecule has 2 aromatic carbocycles. The number of nitrogens with zero attached hydrogens (tertiary/aromatic N) is 3. The van der Waals surface area contributed by atoms with E-state index in [1.807, 2.05) is 37.3 Å². The zero-order valence-electron chi connectivity index (χ0n) is 15.5. The van der Waals surface area contributed by atoms with Crippen molar-refractivity contribution >= 4 is 33.3 Å². The third-order valence-electron chi connectivity index (χ3n) is 5.07. The molecule has 1 amide bonds. The Morgan fingerprint density at radius 3 is 2.56 bits per heavy atom. The zero-order chi connectivity index (χ0) is 18.6. The van der Waals surface area contributed by atoms with Crippen LogP contribution >= 0.6 is 11.5 Å². The Morgan fingerprint density at radius 1 is 1.07 bits per heavy atom. The van der Waals surface area contributed by atoms with Crippen LogP contribution < -0.4 is 10.2 Å². The third-order valence-corrected chi connectivity index (χ3v) is 5.89. The second-order valence-electron chi connectivity index (χ2n) is 6.97. The normalized spacial score (nSPS) is 16.4. The number of fused-ring (bicyclic) bond motifs is 1. The van der Waals surface area contributed by atoms with Gasteiger partial charge in [0.1, 0.15) is 5.82 Å². The summed E-state index contributed by atoms with van der Waals surface area (Å²) < 4.78 is 5.87. The SMILES string of the molecule is CC(NC(=O)CN1CCN(c2nsc3ccccc23)CC1)c1ccccc1. The van der Waals surface area contributed by atoms with E-state index in [-0.39, 0.29) is 11.9 Å². The maximum atomic E-state index is 12.4. The van der Waals surface area contributed by atoms with Gasteiger partial charge in [-0.15, -0.1) is 0 Å². The molecule has 1 aliphatic heterocycles. The fraction of sp³-hybridized carbons (Fsp3) is 0.333. The number of hydrogen-bond donors (Lipinski definition) is 1. The summed E-state index contributed by atoms with van der Waals surface area (Å²) in [4.78, 5) is 17.0. The monoisotopic (exact) mass is 380 g/mol. The third kappa shape index (κ3) is 4.12. The largest absolute Gasteiger partial charge is 0.353 e. The van der Waals surface area contributed by atoms with Crippen molar-refractivity contribution in [1.29, 1.82) is 0 Å². The van der Waals surface area contributed by atoms with Crippen molar-refractivity contribution in [2.75, 3.05) is 37.6 Å². The number of piperazine rings is 1. The first-order chi connectivity index (χ1) is 13.2. The van der Waals surface area contributed by atoms with Gasteiger partial charge in [-0.05, 0) is 36.2 Å². The Hall–Kier alpha value is -2.44. The maximum absolute atomic E-state index is 12.4. The Bertz CT molecular complexity index is 903. The Labute approximate surface area is 163 Å². The van der Waals surface area contributed by atoms with E-state index in [9.17, 15) is 4.79 Å². The minimum atomic E-state index is 0.0290. The van der Waals surface area contributed by atoms with Crippen LogP contribution in [0.2, 0.25) is 0 Å². The molecule has 0 radical (unpaired) electrons. The van der Waals surface area contributed by atoms with E-state index in [2.05, 4.69) is 43.8 Å². The lowest BCUT2D eigenvalue weighted by atomic mass is 10.1. The number of nitrogens with one attached hydrogen (secondary N) is 1. The molecule has 140 valence electrons. The lowest BCUT2D eigenvalue weighted by Gasteiger charge is -2.34. The minimum Gasteiger partial charge on any atom is -0.353 e. The molecule has 5 nitrogen and oxygen atoms in total. The summed E-state index contributed by atoms with van der Waals surface area (Å²) in [6.45, 7) is 6.02. The number of aromatic nitrogens is 1. The highest BCUT2D eigenvalue weighted by atomic mass is 32.1. The van der Waals surface area contributed by atoms with Gasteiger partial charge in [0, 0.05) is 31.6 Å². The quantitative estimate of drug-likeness (QED) is 0.738. The van der Waals surface area contributed by atoms with Crippen LogP contribution in [0.25, 0.3) is 10.1 Å². The number of carbonyl (C=O) groups excluding carboxylic acids is 1. The molecule has 0 aliphatic carbocycles. The van der Waals surface area contributed by atoms with Crippen molar-refractivity contribution in [3.05, 3.63) is 60.2 Å². The van der Waals surface area contributed by atoms with Gasteiger partial charge in [-0.25, -0.2) is 0 Å². The fourth-order valence-corrected chi connectivity index (χ4v) is 4.33. The lowest BCUT2D eigenvalue weighted by molar-refractivity contribution is -0.123. The topological polar surface area (TPSA) is 48.5 Å². The summed E-state index contributed by atoms with van der Waals surface area (Å²) in [6, 6.07) is 18.5. The zero-order valence-corrected chi connectivity index (χ0v) is 16.3. The molecule has 2 heterocycles. The number of rotatable bonds is 5. The number of carbonyl (C=O) groups is 1. The van der Waals surface area contributed by atoms with E-state index in [1.54, 1.807) is 11.5 Å². The molecule has 0 saturated carbocycles. The van der Waals surface area contributed by atoms with E-state index < -0.39 is 0 Å². The van der Waals surface area contributed by atoms with E-state index >= 15 is 0 Å². The highest BCUT2D eigenvalue weighted by Gasteiger charge is 2.22. The first kappa shape index (κ1) is 17.9. The second-order valence-corrected chi connectivity index (χ2v) is 7.77. The summed E-state index contributed by atoms with van der Waals surface area (Å²) >= 11 is 1.55. The standard InChI is InChI=1S/C21H24N4OS/c1-16(17-7-3-2-4-8-17)22-20(26)15-24-11-13-25(14-12-24)21-18-9-5-6-10-19(18)27-23-21/h2-10,16H,11-15H2,1H3,(H,22,26). The van der Waals surface area contributed by atoms with Crippen LogP contribution in [0.4, 0.5) is 5.82 Å². The van der Waals surface area contributed by atoms with Crippen molar-refractivity contribution in [3.8, 4) is 0 Å². The molecule has 1 fully saturated rings. The van der Waals surface area contributed by atoms with Crippen LogP contribution in [-0.4, -0.2) is 47.9 Å². The summed E-state index contributed by atoms with van der Waals surface area (Å²) in [6.07, 6.45) is 0. The van der Waals surface area contributed by atoms with Gasteiger partial charge in [0.15, 0.2) is 0 Å². The van der Waals surface area contributed by atoms with Crippen molar-refractivity contribution in [2.24, 2.45) is 0 Å². The van der Waals surface area contributed by atoms with Gasteiger partial charge in [0.2, 0.25) is 5.91 Å². The maximum Gasteiger partial charge on any atom is 0.234 e. The highest BCUT2D eigenvalue weighted by Crippen LogP contribution is 2.29. The van der Waals surface area contributed by atoms with Crippen LogP contribution in [0.1, 0.15) is 18.5 Å². The summed E-state index contributed by atoms with van der Waals surface area (Å²) in [7, 11) is 0. The van der Waals surface area contributed by atoms with Crippen LogP contribution in [-0.2, 0) is 4.79 Å². The molecule has 1 aromatic heterocycles. The molecule has 1 unspecified atom stereocenters. The number of hydrogen-bond acceptors (Lipinski definition) is 5. The predicted molar refractivity (Wildman–Crippen MR) is 111 cm³/mol. The molecule has 0 bridgehead atoms. The average molecular weight is 381 g/mol. The molecule has 27 heavy (non-hydrogen) atoms. The van der Waals surface area contributed by atoms with Crippen molar-refractivity contribution < 1.29 is 4.79 Å². The van der Waals surface area contributed by atoms with Crippen LogP contribution in [0, 0.1) is 0 Å². The van der Waals surface area contributed by atoms with Gasteiger partial charge >= 0.3 is 0 Å². The van der Waals surface area contributed by atoms with Crippen molar-refractivity contribution in [1.82, 2.24) is 14.6 Å². The van der Waals surface area contributed by atoms with Crippen LogP contribution in [0.3, 0.4) is 0 Å². The van der Waals surface area contributed by atoms with Gasteiger partial charge in [-0.3, -0.25) is 9.69 Å². The minimum absolute atomic E-state index is 0.0290. The van der Waals surface area contributed by atoms with E-state index in [0.29, 0.717) is 6.54 Å². The molecule has 0 spiro atoms. The molecule has 3 aromatic rings. The van der Waals surface area contributed by atoms with E-state index in [4.69, 9.17) is 0 Å². The molecule has 1 saturated heterocycles. The number of amides is 1. The molecular formula is C21H24N4OS. The summed E-state index contributed by atoms with van der Waals surface area (Å²) in [5.41, 5.74) is 1.13. The van der Waals surface area contributed by atoms with Crippen molar-refractivity contribution in [3.63, 3.8) is 0 Å². The number of benzene rings is 2. The molecule has 1 atom stereocenters. The predicted octanol–water partition coefficient (Wildman–Crippen LogP) is 3.30. The fourth-order valence-electron chi connectivity index (χ4n) is 3.53. The summed E-state index contributed by atoms with van der Waals surface area (Å²) in [5, 5.41) is 4.33. The first-order valence-corrected chi connectivity index (χ1v) is 10.1. The van der Waals surface area contributed by atoms with Crippen molar-refractivity contribution in [2.45, 2.75) is 13.0 Å². The highest BCUT2D eigenvalue weighted by molar-refractivity contribution is 7.13. The van der Waals surface area contributed by atoms with Crippen LogP contribution in [0.15, 0.2) is 54.6 Å². The molecule has 4 rings (SSSR count). The molecular weight excluding hydrogens is 356 g/mol. The first-order valence-electron chi connectivity index (χ1n) is 9.37. The van der Waals surface area contributed by atoms with Gasteiger partial charge in [0.05, 0.1) is 17.3 Å². The van der Waals surface area contributed by atoms with Gasteiger partial charge in [-0.2, -0.15) is 4.37 Å². The molecule has 1 aliphatic rings. The molecule has 6 heteroatoms. The van der Waals surface area contributed by atoms with Crippen LogP contribution in [0.5, 0.6) is 0 Å². The van der Waals surface area contributed by atoms with E-state index in [0.717, 1.165) is 37.6 Å². The van der Waals surface area contributed by atoms with Gasteiger partial charge in [-0.1, -0.05) is 42.5 Å². The Balaban J connectivity index is 1.30. The second kappa shape index (κ2) is 8.06. The average Bonchev–Trinajstić information content (AvgIpc) is 3.13. The smallest absolute Gasteiger partial charge is 0.234 e. The lowest BCUT2D eigenvalue weighted by Crippen LogP contribution is -2.49. The Kier molecular flexibility index (Phi) is 5.36.